The molecule has 0 aliphatic carbocycles. The zero-order valence-corrected chi connectivity index (χ0v) is 11.0. The van der Waals surface area contributed by atoms with Crippen LogP contribution in [-0.2, 0) is 6.54 Å². The predicted octanol–water partition coefficient (Wildman–Crippen LogP) is 3.01. The minimum Gasteiger partial charge on any atom is -0.312 e. The van der Waals surface area contributed by atoms with Crippen LogP contribution in [0, 0.1) is 6.92 Å². The lowest BCUT2D eigenvalue weighted by Gasteiger charge is -1.98. The molecule has 0 saturated heterocycles. The first-order valence-corrected chi connectivity index (χ1v) is 6.70. The molecule has 0 aliphatic heterocycles. The van der Waals surface area contributed by atoms with Gasteiger partial charge < -0.3 is 5.32 Å². The molecule has 0 saturated carbocycles. The summed E-state index contributed by atoms with van der Waals surface area (Å²) in [6.07, 6.45) is 3.10. The van der Waals surface area contributed by atoms with Gasteiger partial charge in [-0.2, -0.15) is 0 Å². The first-order valence-electron chi connectivity index (χ1n) is 5.89. The second-order valence-corrected chi connectivity index (χ2v) is 5.09. The van der Waals surface area contributed by atoms with Gasteiger partial charge in [-0.05, 0) is 32.0 Å². The van der Waals surface area contributed by atoms with E-state index in [4.69, 9.17) is 0 Å². The summed E-state index contributed by atoms with van der Waals surface area (Å²) in [6, 6.07) is 6.03. The number of nitrogens with one attached hydrogen (secondary N) is 1. The van der Waals surface area contributed by atoms with Crippen LogP contribution in [0.1, 0.15) is 23.9 Å². The van der Waals surface area contributed by atoms with Crippen LogP contribution in [0.5, 0.6) is 0 Å². The van der Waals surface area contributed by atoms with Crippen molar-refractivity contribution in [2.24, 2.45) is 0 Å². The van der Waals surface area contributed by atoms with Crippen LogP contribution in [0.2, 0.25) is 0 Å². The van der Waals surface area contributed by atoms with Crippen molar-refractivity contribution in [1.82, 2.24) is 15.3 Å². The Morgan fingerprint density at radius 3 is 3.00 bits per heavy atom. The lowest BCUT2D eigenvalue weighted by molar-refractivity contribution is 0.681. The third-order valence-corrected chi connectivity index (χ3v) is 3.41. The number of hydrogen-bond donors (Lipinski definition) is 1. The minimum absolute atomic E-state index is 0.900. The maximum absolute atomic E-state index is 4.48. The molecular formula is C13H17N3S. The number of pyridine rings is 1. The zero-order valence-electron chi connectivity index (χ0n) is 10.2. The Morgan fingerprint density at radius 2 is 2.24 bits per heavy atom. The van der Waals surface area contributed by atoms with E-state index in [0.717, 1.165) is 35.9 Å². The van der Waals surface area contributed by atoms with E-state index in [1.54, 1.807) is 11.3 Å². The van der Waals surface area contributed by atoms with E-state index < -0.39 is 0 Å². The quantitative estimate of drug-likeness (QED) is 0.825. The first kappa shape index (κ1) is 12.2. The fourth-order valence-corrected chi connectivity index (χ4v) is 2.41. The van der Waals surface area contributed by atoms with Crippen molar-refractivity contribution in [3.8, 4) is 10.7 Å². The van der Waals surface area contributed by atoms with Crippen LogP contribution in [-0.4, -0.2) is 16.5 Å². The van der Waals surface area contributed by atoms with Crippen LogP contribution in [0.3, 0.4) is 0 Å². The van der Waals surface area contributed by atoms with Crippen LogP contribution in [0.25, 0.3) is 10.7 Å². The molecule has 90 valence electrons. The van der Waals surface area contributed by atoms with Gasteiger partial charge in [0.05, 0.1) is 5.69 Å². The highest BCUT2D eigenvalue weighted by molar-refractivity contribution is 7.14. The summed E-state index contributed by atoms with van der Waals surface area (Å²) in [5.74, 6) is 0. The largest absolute Gasteiger partial charge is 0.312 e. The van der Waals surface area contributed by atoms with Gasteiger partial charge in [-0.3, -0.25) is 4.98 Å². The van der Waals surface area contributed by atoms with Gasteiger partial charge in [0, 0.05) is 23.3 Å². The van der Waals surface area contributed by atoms with Gasteiger partial charge in [0.2, 0.25) is 0 Å². The van der Waals surface area contributed by atoms with Crippen molar-refractivity contribution < 1.29 is 0 Å². The van der Waals surface area contributed by atoms with E-state index in [-0.39, 0.29) is 0 Å². The Labute approximate surface area is 106 Å². The smallest absolute Gasteiger partial charge is 0.142 e. The zero-order chi connectivity index (χ0) is 12.1. The molecule has 2 aromatic heterocycles. The minimum atomic E-state index is 0.900. The van der Waals surface area contributed by atoms with E-state index in [1.807, 2.05) is 31.3 Å². The van der Waals surface area contributed by atoms with Gasteiger partial charge in [0.1, 0.15) is 5.01 Å². The Bertz CT molecular complexity index is 479. The molecule has 2 rings (SSSR count). The summed E-state index contributed by atoms with van der Waals surface area (Å²) in [6.45, 7) is 6.12. The topological polar surface area (TPSA) is 37.8 Å². The molecule has 0 amide bonds. The highest BCUT2D eigenvalue weighted by Crippen LogP contribution is 2.23. The van der Waals surface area contributed by atoms with Gasteiger partial charge in [-0.25, -0.2) is 4.98 Å². The third kappa shape index (κ3) is 3.35. The number of rotatable bonds is 5. The summed E-state index contributed by atoms with van der Waals surface area (Å²) < 4.78 is 0. The second-order valence-electron chi connectivity index (χ2n) is 3.97. The van der Waals surface area contributed by atoms with Crippen LogP contribution >= 0.6 is 11.3 Å². The molecule has 0 aromatic carbocycles. The van der Waals surface area contributed by atoms with Crippen molar-refractivity contribution >= 4 is 11.3 Å². The molecule has 2 heterocycles. The van der Waals surface area contributed by atoms with E-state index in [0.29, 0.717) is 0 Å². The summed E-state index contributed by atoms with van der Waals surface area (Å²) in [5.41, 5.74) is 2.00. The van der Waals surface area contributed by atoms with Crippen molar-refractivity contribution in [1.29, 1.82) is 0 Å². The third-order valence-electron chi connectivity index (χ3n) is 2.39. The van der Waals surface area contributed by atoms with Crippen molar-refractivity contribution in [3.63, 3.8) is 0 Å². The molecule has 0 bridgehead atoms. The molecule has 17 heavy (non-hydrogen) atoms. The molecule has 0 fully saturated rings. The lowest BCUT2D eigenvalue weighted by Crippen LogP contribution is -2.12. The second kappa shape index (κ2) is 5.89. The summed E-state index contributed by atoms with van der Waals surface area (Å²) in [7, 11) is 0. The molecule has 1 N–H and O–H groups in total. The predicted molar refractivity (Wildman–Crippen MR) is 72.1 cm³/mol. The highest BCUT2D eigenvalue weighted by Gasteiger charge is 2.05. The standard InChI is InChI=1S/C13H17N3S/c1-3-7-14-8-11-9-15-13(17-11)12-6-4-5-10(2)16-12/h4-6,9,14H,3,7-8H2,1-2H3. The highest BCUT2D eigenvalue weighted by atomic mass is 32.1. The van der Waals surface area contributed by atoms with Crippen LogP contribution < -0.4 is 5.32 Å². The maximum Gasteiger partial charge on any atom is 0.142 e. The van der Waals surface area contributed by atoms with Gasteiger partial charge in [-0.15, -0.1) is 11.3 Å². The average Bonchev–Trinajstić information content (AvgIpc) is 2.78. The number of nitrogens with zero attached hydrogens (tertiary/aromatic N) is 2. The Hall–Kier alpha value is -1.26. The molecular weight excluding hydrogens is 230 g/mol. The molecule has 0 spiro atoms. The van der Waals surface area contributed by atoms with E-state index in [1.165, 1.54) is 4.88 Å². The van der Waals surface area contributed by atoms with Gasteiger partial charge in [-0.1, -0.05) is 13.0 Å². The molecule has 0 aliphatic rings. The van der Waals surface area contributed by atoms with Crippen LogP contribution in [0.4, 0.5) is 0 Å². The number of aryl methyl sites for hydroxylation is 1. The van der Waals surface area contributed by atoms with Crippen molar-refractivity contribution in [3.05, 3.63) is 35.0 Å². The summed E-state index contributed by atoms with van der Waals surface area (Å²) in [4.78, 5) is 10.2. The molecule has 3 nitrogen and oxygen atoms in total. The van der Waals surface area contributed by atoms with Gasteiger partial charge in [0.15, 0.2) is 0 Å². The van der Waals surface area contributed by atoms with E-state index in [9.17, 15) is 0 Å². The maximum atomic E-state index is 4.48. The molecule has 2 aromatic rings. The Balaban J connectivity index is 2.07. The number of thiazole rings is 1. The molecule has 0 unspecified atom stereocenters. The summed E-state index contributed by atoms with van der Waals surface area (Å²) >= 11 is 1.71. The Morgan fingerprint density at radius 1 is 1.35 bits per heavy atom. The fourth-order valence-electron chi connectivity index (χ4n) is 1.56. The molecule has 0 radical (unpaired) electrons. The SMILES string of the molecule is CCCNCc1cnc(-c2cccc(C)n2)s1. The van der Waals surface area contributed by atoms with E-state index >= 15 is 0 Å². The van der Waals surface area contributed by atoms with Crippen molar-refractivity contribution in [2.45, 2.75) is 26.8 Å². The van der Waals surface area contributed by atoms with Crippen molar-refractivity contribution in [2.75, 3.05) is 6.54 Å². The summed E-state index contributed by atoms with van der Waals surface area (Å²) in [5, 5.41) is 4.38. The normalized spacial score (nSPS) is 10.7. The van der Waals surface area contributed by atoms with Gasteiger partial charge >= 0.3 is 0 Å². The number of hydrogen-bond acceptors (Lipinski definition) is 4. The number of aromatic nitrogens is 2. The Kier molecular flexibility index (Phi) is 4.23. The fraction of sp³-hybridized carbons (Fsp3) is 0.385. The van der Waals surface area contributed by atoms with Crippen LogP contribution in [0.15, 0.2) is 24.4 Å². The van der Waals surface area contributed by atoms with E-state index in [2.05, 4.69) is 22.2 Å². The average molecular weight is 247 g/mol. The monoisotopic (exact) mass is 247 g/mol. The molecule has 4 heteroatoms. The lowest BCUT2D eigenvalue weighted by atomic mass is 10.3. The first-order chi connectivity index (χ1) is 8.29. The molecule has 0 atom stereocenters. The van der Waals surface area contributed by atoms with Gasteiger partial charge in [0.25, 0.3) is 0 Å².